The maximum Gasteiger partial charge on any atom is 0.161 e. The Morgan fingerprint density at radius 1 is 1.22 bits per heavy atom. The molecule has 0 saturated carbocycles. The van der Waals surface area contributed by atoms with Gasteiger partial charge in [-0.2, -0.15) is 0 Å². The lowest BCUT2D eigenvalue weighted by molar-refractivity contribution is 0.291. The summed E-state index contributed by atoms with van der Waals surface area (Å²) in [6, 6.07) is 7.64. The Kier molecular flexibility index (Phi) is 6.91. The second-order valence-electron chi connectivity index (χ2n) is 4.46. The number of hydrogen-bond acceptors (Lipinski definition) is 3. The monoisotopic (exact) mass is 271 g/mol. The Morgan fingerprint density at radius 2 is 1.89 bits per heavy atom. The minimum atomic E-state index is 0.163. The molecule has 102 valence electrons. The second-order valence-corrected chi connectivity index (χ2v) is 5.02. The predicted molar refractivity (Wildman–Crippen MR) is 75.8 cm³/mol. The molecule has 0 radical (unpaired) electrons. The molecule has 0 aliphatic carbocycles. The van der Waals surface area contributed by atoms with Gasteiger partial charge in [0.1, 0.15) is 6.61 Å². The first-order valence-electron chi connectivity index (χ1n) is 6.25. The van der Waals surface area contributed by atoms with Crippen LogP contribution in [0.25, 0.3) is 0 Å². The minimum absolute atomic E-state index is 0.163. The van der Waals surface area contributed by atoms with Gasteiger partial charge in [-0.15, -0.1) is 11.6 Å². The molecule has 0 aliphatic heterocycles. The number of rotatable bonds is 8. The highest BCUT2D eigenvalue weighted by molar-refractivity contribution is 6.20. The summed E-state index contributed by atoms with van der Waals surface area (Å²) >= 11 is 6.14. The third-order valence-electron chi connectivity index (χ3n) is 2.67. The average molecular weight is 272 g/mol. The van der Waals surface area contributed by atoms with Crippen molar-refractivity contribution in [2.75, 3.05) is 26.8 Å². The van der Waals surface area contributed by atoms with E-state index in [2.05, 4.69) is 19.2 Å². The molecular weight excluding hydrogens is 250 g/mol. The van der Waals surface area contributed by atoms with Crippen LogP contribution in [0.1, 0.15) is 13.8 Å². The number of alkyl halides is 1. The van der Waals surface area contributed by atoms with E-state index in [0.717, 1.165) is 24.6 Å². The van der Waals surface area contributed by atoms with Crippen LogP contribution in [0.4, 0.5) is 0 Å². The molecule has 0 fully saturated rings. The van der Waals surface area contributed by atoms with Crippen LogP contribution in [0.15, 0.2) is 24.3 Å². The Morgan fingerprint density at radius 3 is 2.50 bits per heavy atom. The smallest absolute Gasteiger partial charge is 0.161 e. The van der Waals surface area contributed by atoms with Crippen LogP contribution in [0.5, 0.6) is 11.5 Å². The summed E-state index contributed by atoms with van der Waals surface area (Å²) in [5, 5.41) is 3.44. The van der Waals surface area contributed by atoms with Crippen molar-refractivity contribution in [2.45, 2.75) is 19.2 Å². The lowest BCUT2D eigenvalue weighted by Gasteiger charge is -2.14. The van der Waals surface area contributed by atoms with Gasteiger partial charge in [0.2, 0.25) is 0 Å². The van der Waals surface area contributed by atoms with Crippen LogP contribution < -0.4 is 14.8 Å². The van der Waals surface area contributed by atoms with Crippen LogP contribution >= 0.6 is 11.6 Å². The second kappa shape index (κ2) is 8.22. The van der Waals surface area contributed by atoms with Crippen LogP contribution in [-0.4, -0.2) is 32.2 Å². The third kappa shape index (κ3) is 5.15. The van der Waals surface area contributed by atoms with Crippen molar-refractivity contribution in [3.05, 3.63) is 24.3 Å². The Balaban J connectivity index is 2.22. The van der Waals surface area contributed by atoms with Gasteiger partial charge in [-0.05, 0) is 18.1 Å². The van der Waals surface area contributed by atoms with Crippen LogP contribution in [0.2, 0.25) is 0 Å². The third-order valence-corrected chi connectivity index (χ3v) is 3.33. The molecule has 1 rings (SSSR count). The summed E-state index contributed by atoms with van der Waals surface area (Å²) in [7, 11) is 1.64. The summed E-state index contributed by atoms with van der Waals surface area (Å²) in [5.74, 6) is 2.01. The van der Waals surface area contributed by atoms with Crippen molar-refractivity contribution in [1.82, 2.24) is 5.32 Å². The van der Waals surface area contributed by atoms with Gasteiger partial charge >= 0.3 is 0 Å². The molecular formula is C14H22ClNO2. The average Bonchev–Trinajstić information content (AvgIpc) is 2.38. The van der Waals surface area contributed by atoms with Crippen molar-refractivity contribution < 1.29 is 9.47 Å². The standard InChI is InChI=1S/C14H22ClNO2/c1-11(2)12(15)10-16-8-9-18-14-7-5-4-6-13(14)17-3/h4-7,11-12,16H,8-10H2,1-3H3. The Bertz CT molecular complexity index is 344. The van der Waals surface area contributed by atoms with Crippen molar-refractivity contribution in [2.24, 2.45) is 5.92 Å². The Labute approximate surface area is 114 Å². The van der Waals surface area contributed by atoms with Gasteiger partial charge < -0.3 is 14.8 Å². The number of methoxy groups -OCH3 is 1. The van der Waals surface area contributed by atoms with Crippen LogP contribution in [0, 0.1) is 5.92 Å². The fraction of sp³-hybridized carbons (Fsp3) is 0.571. The van der Waals surface area contributed by atoms with Gasteiger partial charge in [-0.1, -0.05) is 26.0 Å². The van der Waals surface area contributed by atoms with Gasteiger partial charge in [0, 0.05) is 18.5 Å². The maximum atomic E-state index is 6.14. The number of para-hydroxylation sites is 2. The van der Waals surface area contributed by atoms with Gasteiger partial charge in [-0.3, -0.25) is 0 Å². The number of benzene rings is 1. The fourth-order valence-electron chi connectivity index (χ4n) is 1.45. The van der Waals surface area contributed by atoms with Crippen molar-refractivity contribution >= 4 is 11.6 Å². The molecule has 1 N–H and O–H groups in total. The van der Waals surface area contributed by atoms with Crippen molar-refractivity contribution in [3.63, 3.8) is 0 Å². The van der Waals surface area contributed by atoms with Crippen LogP contribution in [-0.2, 0) is 0 Å². The van der Waals surface area contributed by atoms with Gasteiger partial charge in [0.15, 0.2) is 11.5 Å². The largest absolute Gasteiger partial charge is 0.493 e. The summed E-state index contributed by atoms with van der Waals surface area (Å²) < 4.78 is 10.8. The lowest BCUT2D eigenvalue weighted by Crippen LogP contribution is -2.30. The summed E-state index contributed by atoms with van der Waals surface area (Å²) in [6.45, 7) is 6.40. The highest BCUT2D eigenvalue weighted by Crippen LogP contribution is 2.25. The quantitative estimate of drug-likeness (QED) is 0.583. The molecule has 4 heteroatoms. The fourth-order valence-corrected chi connectivity index (χ4v) is 1.56. The summed E-state index contributed by atoms with van der Waals surface area (Å²) in [4.78, 5) is 0. The molecule has 1 aromatic carbocycles. The van der Waals surface area contributed by atoms with Crippen molar-refractivity contribution in [3.8, 4) is 11.5 Å². The van der Waals surface area contributed by atoms with Gasteiger partial charge in [0.05, 0.1) is 7.11 Å². The highest BCUT2D eigenvalue weighted by Gasteiger charge is 2.08. The molecule has 0 heterocycles. The highest BCUT2D eigenvalue weighted by atomic mass is 35.5. The first kappa shape index (κ1) is 15.1. The molecule has 1 aromatic rings. The van der Waals surface area contributed by atoms with Crippen molar-refractivity contribution in [1.29, 1.82) is 0 Å². The van der Waals surface area contributed by atoms with Gasteiger partial charge in [-0.25, -0.2) is 0 Å². The molecule has 0 bridgehead atoms. The first-order valence-corrected chi connectivity index (χ1v) is 6.69. The number of nitrogens with one attached hydrogen (secondary N) is 1. The molecule has 18 heavy (non-hydrogen) atoms. The zero-order valence-corrected chi connectivity index (χ0v) is 12.0. The lowest BCUT2D eigenvalue weighted by atomic mass is 10.1. The zero-order valence-electron chi connectivity index (χ0n) is 11.3. The molecule has 0 spiro atoms. The molecule has 0 amide bonds. The van der Waals surface area contributed by atoms with E-state index in [4.69, 9.17) is 21.1 Å². The van der Waals surface area contributed by atoms with E-state index < -0.39 is 0 Å². The van der Waals surface area contributed by atoms with E-state index in [-0.39, 0.29) is 5.38 Å². The minimum Gasteiger partial charge on any atom is -0.493 e. The molecule has 0 saturated heterocycles. The molecule has 3 nitrogen and oxygen atoms in total. The number of hydrogen-bond donors (Lipinski definition) is 1. The van der Waals surface area contributed by atoms with Gasteiger partial charge in [0.25, 0.3) is 0 Å². The van der Waals surface area contributed by atoms with E-state index in [1.54, 1.807) is 7.11 Å². The van der Waals surface area contributed by atoms with E-state index in [0.29, 0.717) is 12.5 Å². The van der Waals surface area contributed by atoms with E-state index in [1.807, 2.05) is 24.3 Å². The first-order chi connectivity index (χ1) is 8.65. The normalized spacial score (nSPS) is 12.5. The predicted octanol–water partition coefficient (Wildman–Crippen LogP) is 2.93. The number of ether oxygens (including phenoxy) is 2. The van der Waals surface area contributed by atoms with E-state index in [9.17, 15) is 0 Å². The number of halogens is 1. The zero-order chi connectivity index (χ0) is 13.4. The topological polar surface area (TPSA) is 30.5 Å². The molecule has 1 atom stereocenters. The molecule has 1 unspecified atom stereocenters. The Hall–Kier alpha value is -0.930. The SMILES string of the molecule is COc1ccccc1OCCNCC(Cl)C(C)C. The summed E-state index contributed by atoms with van der Waals surface area (Å²) in [6.07, 6.45) is 0. The van der Waals surface area contributed by atoms with E-state index in [1.165, 1.54) is 0 Å². The molecule has 0 aliphatic rings. The van der Waals surface area contributed by atoms with Crippen LogP contribution in [0.3, 0.4) is 0 Å². The molecule has 0 aromatic heterocycles. The maximum absolute atomic E-state index is 6.14. The van der Waals surface area contributed by atoms with E-state index >= 15 is 0 Å². The summed E-state index contributed by atoms with van der Waals surface area (Å²) in [5.41, 5.74) is 0.